The Bertz CT molecular complexity index is 457. The molecule has 0 heterocycles. The summed E-state index contributed by atoms with van der Waals surface area (Å²) in [5.41, 5.74) is -1.24. The number of fused-ring (bicyclic) bond motifs is 1. The molecule has 0 aromatic heterocycles. The summed E-state index contributed by atoms with van der Waals surface area (Å²) < 4.78 is 0. The van der Waals surface area contributed by atoms with Gasteiger partial charge in [0.25, 0.3) is 0 Å². The van der Waals surface area contributed by atoms with Crippen LogP contribution >= 0.6 is 0 Å². The van der Waals surface area contributed by atoms with Crippen LogP contribution in [0.15, 0.2) is 0 Å². The number of rotatable bonds is 1. The molecule has 6 atom stereocenters. The Morgan fingerprint density at radius 3 is 2.30 bits per heavy atom. The topological polar surface area (TPSA) is 67.8 Å². The first-order valence-electron chi connectivity index (χ1n) is 7.80. The summed E-state index contributed by atoms with van der Waals surface area (Å²) in [6.45, 7) is 8.26. The molecule has 3 heteroatoms. The van der Waals surface area contributed by atoms with Crippen LogP contribution in [0.3, 0.4) is 0 Å². The maximum atomic E-state index is 10.6. The van der Waals surface area contributed by atoms with Crippen LogP contribution in [0.1, 0.15) is 53.4 Å². The maximum absolute atomic E-state index is 10.6. The number of aliphatic hydroxyl groups is 1. The predicted molar refractivity (Wildman–Crippen MR) is 77.2 cm³/mol. The van der Waals surface area contributed by atoms with Gasteiger partial charge in [-0.3, -0.25) is 0 Å². The molecule has 110 valence electrons. The number of nitriles is 2. The van der Waals surface area contributed by atoms with Crippen LogP contribution < -0.4 is 0 Å². The molecular formula is C17H26N2O. The summed E-state index contributed by atoms with van der Waals surface area (Å²) in [7, 11) is 0. The smallest absolute Gasteiger partial charge is 0.0782 e. The van der Waals surface area contributed by atoms with Crippen molar-refractivity contribution < 1.29 is 5.11 Å². The minimum Gasteiger partial charge on any atom is -0.389 e. The third-order valence-corrected chi connectivity index (χ3v) is 6.04. The Morgan fingerprint density at radius 1 is 1.15 bits per heavy atom. The molecule has 0 aromatic rings. The van der Waals surface area contributed by atoms with Crippen LogP contribution in [0.25, 0.3) is 0 Å². The molecule has 20 heavy (non-hydrogen) atoms. The largest absolute Gasteiger partial charge is 0.389 e. The van der Waals surface area contributed by atoms with E-state index in [4.69, 9.17) is 0 Å². The van der Waals surface area contributed by atoms with E-state index in [2.05, 4.69) is 32.9 Å². The van der Waals surface area contributed by atoms with E-state index >= 15 is 0 Å². The van der Waals surface area contributed by atoms with Gasteiger partial charge in [0.15, 0.2) is 0 Å². The first-order valence-corrected chi connectivity index (χ1v) is 7.80. The normalized spacial score (nSPS) is 48.2. The van der Waals surface area contributed by atoms with E-state index < -0.39 is 5.60 Å². The van der Waals surface area contributed by atoms with Crippen molar-refractivity contribution in [3.05, 3.63) is 0 Å². The van der Waals surface area contributed by atoms with Crippen LogP contribution in [0.2, 0.25) is 0 Å². The van der Waals surface area contributed by atoms with Gasteiger partial charge in [0, 0.05) is 0 Å². The molecular weight excluding hydrogens is 248 g/mol. The molecule has 2 fully saturated rings. The quantitative estimate of drug-likeness (QED) is 0.795. The summed E-state index contributed by atoms with van der Waals surface area (Å²) in [5, 5.41) is 29.8. The third-order valence-electron chi connectivity index (χ3n) is 6.04. The summed E-state index contributed by atoms with van der Waals surface area (Å²) in [5.74, 6) is 0.996. The van der Waals surface area contributed by atoms with Crippen LogP contribution in [-0.4, -0.2) is 10.7 Å². The summed E-state index contributed by atoms with van der Waals surface area (Å²) in [6.07, 6.45) is 3.42. The van der Waals surface area contributed by atoms with E-state index in [9.17, 15) is 15.6 Å². The van der Waals surface area contributed by atoms with E-state index in [0.717, 1.165) is 19.3 Å². The molecule has 0 unspecified atom stereocenters. The first-order chi connectivity index (χ1) is 9.27. The minimum absolute atomic E-state index is 0.155. The molecule has 2 rings (SSSR count). The molecule has 0 spiro atoms. The van der Waals surface area contributed by atoms with Gasteiger partial charge in [-0.15, -0.1) is 0 Å². The lowest BCUT2D eigenvalue weighted by molar-refractivity contribution is -0.117. The van der Waals surface area contributed by atoms with Gasteiger partial charge in [0.2, 0.25) is 0 Å². The highest BCUT2D eigenvalue weighted by atomic mass is 16.3. The summed E-state index contributed by atoms with van der Waals surface area (Å²) in [6, 6.07) is 4.90. The molecule has 2 saturated carbocycles. The highest BCUT2D eigenvalue weighted by molar-refractivity contribution is 5.15. The lowest BCUT2D eigenvalue weighted by Crippen LogP contribution is -2.55. The van der Waals surface area contributed by atoms with Crippen molar-refractivity contribution in [2.24, 2.45) is 35.0 Å². The zero-order valence-electron chi connectivity index (χ0n) is 13.1. The van der Waals surface area contributed by atoms with E-state index in [1.165, 1.54) is 0 Å². The average molecular weight is 274 g/mol. The number of hydrogen-bond acceptors (Lipinski definition) is 3. The monoisotopic (exact) mass is 274 g/mol. The van der Waals surface area contributed by atoms with E-state index in [0.29, 0.717) is 18.3 Å². The second-order valence-corrected chi connectivity index (χ2v) is 7.66. The minimum atomic E-state index is -0.906. The molecule has 0 radical (unpaired) electrons. The van der Waals surface area contributed by atoms with Crippen molar-refractivity contribution in [2.45, 2.75) is 59.0 Å². The Kier molecular flexibility index (Phi) is 3.87. The molecule has 0 bridgehead atoms. The molecule has 2 aliphatic rings. The Hall–Kier alpha value is -1.06. The molecule has 1 N–H and O–H groups in total. The second kappa shape index (κ2) is 5.05. The van der Waals surface area contributed by atoms with Crippen molar-refractivity contribution in [1.82, 2.24) is 0 Å². The maximum Gasteiger partial charge on any atom is 0.0782 e. The number of nitrogens with zero attached hydrogens (tertiary/aromatic N) is 2. The average Bonchev–Trinajstić information content (AvgIpc) is 2.37. The molecule has 0 aliphatic heterocycles. The standard InChI is InChI=1S/C17H26N2O/c1-11(2)12-5-7-16(3,10-19)13-6-8-17(4,20)14(9-18)15(12)13/h11-15,20H,5-8H2,1-4H3/t12-,13+,14-,15-,16+,17-/m1/s1. The zero-order chi connectivity index (χ0) is 15.1. The fourth-order valence-corrected chi connectivity index (χ4v) is 4.72. The van der Waals surface area contributed by atoms with Crippen molar-refractivity contribution in [2.75, 3.05) is 0 Å². The fraction of sp³-hybridized carbons (Fsp3) is 0.882. The van der Waals surface area contributed by atoms with Crippen molar-refractivity contribution in [3.8, 4) is 12.1 Å². The first kappa shape index (κ1) is 15.3. The Labute approximate surface area is 122 Å². The molecule has 0 saturated heterocycles. The summed E-state index contributed by atoms with van der Waals surface area (Å²) >= 11 is 0. The highest BCUT2D eigenvalue weighted by Gasteiger charge is 2.56. The van der Waals surface area contributed by atoms with E-state index in [-0.39, 0.29) is 23.2 Å². The Balaban J connectivity index is 2.45. The Morgan fingerprint density at radius 2 is 1.80 bits per heavy atom. The van der Waals surface area contributed by atoms with Gasteiger partial charge in [-0.2, -0.15) is 10.5 Å². The van der Waals surface area contributed by atoms with Crippen LogP contribution in [0, 0.1) is 57.7 Å². The van der Waals surface area contributed by atoms with Gasteiger partial charge in [0.05, 0.1) is 29.1 Å². The van der Waals surface area contributed by atoms with Gasteiger partial charge in [0.1, 0.15) is 0 Å². The molecule has 3 nitrogen and oxygen atoms in total. The SMILES string of the molecule is CC(C)[C@H]1CC[C@@](C)(C#N)[C@H]2CC[C@@](C)(O)[C@H](C#N)[C@H]12. The van der Waals surface area contributed by atoms with Gasteiger partial charge >= 0.3 is 0 Å². The van der Waals surface area contributed by atoms with Crippen LogP contribution in [0.5, 0.6) is 0 Å². The van der Waals surface area contributed by atoms with Crippen LogP contribution in [-0.2, 0) is 0 Å². The third kappa shape index (κ3) is 2.23. The van der Waals surface area contributed by atoms with Crippen molar-refractivity contribution in [3.63, 3.8) is 0 Å². The van der Waals surface area contributed by atoms with Crippen LogP contribution in [0.4, 0.5) is 0 Å². The lowest BCUT2D eigenvalue weighted by Gasteiger charge is -2.55. The van der Waals surface area contributed by atoms with Gasteiger partial charge in [-0.1, -0.05) is 13.8 Å². The molecule has 0 aromatic carbocycles. The highest BCUT2D eigenvalue weighted by Crippen LogP contribution is 2.58. The van der Waals surface area contributed by atoms with E-state index in [1.54, 1.807) is 6.92 Å². The zero-order valence-corrected chi connectivity index (χ0v) is 13.1. The van der Waals surface area contributed by atoms with Gasteiger partial charge in [-0.05, 0) is 63.2 Å². The summed E-state index contributed by atoms with van der Waals surface area (Å²) in [4.78, 5) is 0. The lowest BCUT2D eigenvalue weighted by atomic mass is 9.48. The molecule has 0 amide bonds. The van der Waals surface area contributed by atoms with Gasteiger partial charge < -0.3 is 5.11 Å². The second-order valence-electron chi connectivity index (χ2n) is 7.66. The molecule has 2 aliphatic carbocycles. The fourth-order valence-electron chi connectivity index (χ4n) is 4.72. The predicted octanol–water partition coefficient (Wildman–Crippen LogP) is 3.50. The van der Waals surface area contributed by atoms with E-state index in [1.807, 2.05) is 0 Å². The van der Waals surface area contributed by atoms with Crippen molar-refractivity contribution in [1.29, 1.82) is 10.5 Å². The number of hydrogen-bond donors (Lipinski definition) is 1. The van der Waals surface area contributed by atoms with Gasteiger partial charge in [-0.25, -0.2) is 0 Å². The van der Waals surface area contributed by atoms with Crippen molar-refractivity contribution >= 4 is 0 Å².